The number of hydrogen-bond donors (Lipinski definition) is 1. The predicted octanol–water partition coefficient (Wildman–Crippen LogP) is 3.60. The molecule has 0 saturated heterocycles. The zero-order valence-electron chi connectivity index (χ0n) is 8.74. The highest BCUT2D eigenvalue weighted by atomic mass is 35.5. The molecule has 2 aromatic carbocycles. The van der Waals surface area contributed by atoms with Gasteiger partial charge in [-0.25, -0.2) is 4.39 Å². The molecule has 0 aliphatic carbocycles. The molecule has 0 aliphatic rings. The van der Waals surface area contributed by atoms with Crippen LogP contribution in [0.15, 0.2) is 36.4 Å². The van der Waals surface area contributed by atoms with Crippen LogP contribution in [0, 0.1) is 17.1 Å². The van der Waals surface area contributed by atoms with Crippen molar-refractivity contribution in [2.75, 3.05) is 5.73 Å². The molecular weight excluding hydrogens is 239 g/mol. The highest BCUT2D eigenvalue weighted by molar-refractivity contribution is 6.30. The van der Waals surface area contributed by atoms with Crippen molar-refractivity contribution in [1.82, 2.24) is 0 Å². The van der Waals surface area contributed by atoms with Crippen molar-refractivity contribution in [2.45, 2.75) is 0 Å². The number of hydrogen-bond acceptors (Lipinski definition) is 2. The van der Waals surface area contributed by atoms with Crippen LogP contribution < -0.4 is 5.73 Å². The van der Waals surface area contributed by atoms with Gasteiger partial charge >= 0.3 is 0 Å². The molecule has 84 valence electrons. The van der Waals surface area contributed by atoms with E-state index >= 15 is 0 Å². The Balaban J connectivity index is 2.60. The average Bonchev–Trinajstić information content (AvgIpc) is 2.31. The molecule has 0 saturated carbocycles. The first-order valence-electron chi connectivity index (χ1n) is 4.87. The van der Waals surface area contributed by atoms with Gasteiger partial charge in [-0.3, -0.25) is 0 Å². The van der Waals surface area contributed by atoms with Crippen LogP contribution in [0.3, 0.4) is 0 Å². The van der Waals surface area contributed by atoms with E-state index in [0.717, 1.165) is 11.6 Å². The summed E-state index contributed by atoms with van der Waals surface area (Å²) >= 11 is 5.78. The third kappa shape index (κ3) is 2.22. The number of nitrogen functional groups attached to an aromatic ring is 1. The van der Waals surface area contributed by atoms with E-state index in [9.17, 15) is 4.39 Å². The molecule has 0 spiro atoms. The van der Waals surface area contributed by atoms with Gasteiger partial charge in [0.25, 0.3) is 0 Å². The maximum Gasteiger partial charge on any atom is 0.143 e. The van der Waals surface area contributed by atoms with Gasteiger partial charge in [-0.1, -0.05) is 23.7 Å². The summed E-state index contributed by atoms with van der Waals surface area (Å²) in [5.41, 5.74) is 7.42. The first kappa shape index (κ1) is 11.4. The van der Waals surface area contributed by atoms with Crippen molar-refractivity contribution < 1.29 is 4.39 Å². The fourth-order valence-corrected chi connectivity index (χ4v) is 1.68. The Hall–Kier alpha value is -2.05. The van der Waals surface area contributed by atoms with Gasteiger partial charge in [-0.05, 0) is 29.8 Å². The van der Waals surface area contributed by atoms with Crippen molar-refractivity contribution >= 4 is 17.3 Å². The third-order valence-electron chi connectivity index (χ3n) is 2.41. The molecule has 0 amide bonds. The van der Waals surface area contributed by atoms with Gasteiger partial charge in [0, 0.05) is 16.3 Å². The van der Waals surface area contributed by atoms with E-state index in [-0.39, 0.29) is 5.56 Å². The van der Waals surface area contributed by atoms with Crippen molar-refractivity contribution in [1.29, 1.82) is 5.26 Å². The predicted molar refractivity (Wildman–Crippen MR) is 66.0 cm³/mol. The van der Waals surface area contributed by atoms with Crippen molar-refractivity contribution in [2.24, 2.45) is 0 Å². The van der Waals surface area contributed by atoms with Gasteiger partial charge in [0.15, 0.2) is 0 Å². The second kappa shape index (κ2) is 4.44. The van der Waals surface area contributed by atoms with E-state index < -0.39 is 5.82 Å². The number of benzene rings is 2. The van der Waals surface area contributed by atoms with Gasteiger partial charge in [0.1, 0.15) is 11.9 Å². The largest absolute Gasteiger partial charge is 0.398 e. The van der Waals surface area contributed by atoms with E-state index in [1.54, 1.807) is 30.3 Å². The average molecular weight is 247 g/mol. The normalized spacial score (nSPS) is 9.94. The molecule has 2 rings (SSSR count). The number of rotatable bonds is 1. The number of nitrogens with two attached hydrogens (primary N) is 1. The minimum Gasteiger partial charge on any atom is -0.398 e. The number of anilines is 1. The summed E-state index contributed by atoms with van der Waals surface area (Å²) in [6.07, 6.45) is 0. The SMILES string of the molecule is N#Cc1cc(-c2ccc(Cl)cc2)c(N)cc1F. The summed E-state index contributed by atoms with van der Waals surface area (Å²) in [5, 5.41) is 9.38. The van der Waals surface area contributed by atoms with E-state index in [1.807, 2.05) is 0 Å². The molecule has 0 bridgehead atoms. The van der Waals surface area contributed by atoms with Gasteiger partial charge in [-0.15, -0.1) is 0 Å². The quantitative estimate of drug-likeness (QED) is 0.782. The minimum absolute atomic E-state index is 0.0239. The Morgan fingerprint density at radius 1 is 1.18 bits per heavy atom. The summed E-state index contributed by atoms with van der Waals surface area (Å²) in [7, 11) is 0. The highest BCUT2D eigenvalue weighted by Gasteiger charge is 2.09. The smallest absolute Gasteiger partial charge is 0.143 e. The molecule has 0 aliphatic heterocycles. The highest BCUT2D eigenvalue weighted by Crippen LogP contribution is 2.29. The van der Waals surface area contributed by atoms with Gasteiger partial charge in [0.2, 0.25) is 0 Å². The molecule has 2 N–H and O–H groups in total. The molecule has 0 radical (unpaired) electrons. The van der Waals surface area contributed by atoms with E-state index in [2.05, 4.69) is 0 Å². The Morgan fingerprint density at radius 2 is 1.82 bits per heavy atom. The maximum atomic E-state index is 13.3. The molecule has 0 unspecified atom stereocenters. The van der Waals surface area contributed by atoms with Crippen LogP contribution in [0.1, 0.15) is 5.56 Å². The Bertz CT molecular complexity index is 600. The molecule has 4 heteroatoms. The summed E-state index contributed by atoms with van der Waals surface area (Å²) in [5.74, 6) is -0.609. The number of nitriles is 1. The summed E-state index contributed by atoms with van der Waals surface area (Å²) < 4.78 is 13.3. The van der Waals surface area contributed by atoms with Crippen LogP contribution in [-0.2, 0) is 0 Å². The van der Waals surface area contributed by atoms with Crippen molar-refractivity contribution in [3.05, 3.63) is 52.8 Å². The van der Waals surface area contributed by atoms with E-state index in [4.69, 9.17) is 22.6 Å². The molecule has 2 nitrogen and oxygen atoms in total. The van der Waals surface area contributed by atoms with Crippen LogP contribution in [0.4, 0.5) is 10.1 Å². The van der Waals surface area contributed by atoms with Crippen LogP contribution in [0.2, 0.25) is 5.02 Å². The standard InChI is InChI=1S/C13H8ClFN2/c14-10-3-1-8(2-4-10)11-5-9(7-16)12(15)6-13(11)17/h1-6H,17H2. The van der Waals surface area contributed by atoms with Gasteiger partial charge in [-0.2, -0.15) is 5.26 Å². The maximum absolute atomic E-state index is 13.3. The fourth-order valence-electron chi connectivity index (χ4n) is 1.55. The van der Waals surface area contributed by atoms with Crippen molar-refractivity contribution in [3.8, 4) is 17.2 Å². The molecule has 17 heavy (non-hydrogen) atoms. The Kier molecular flexibility index (Phi) is 2.99. The van der Waals surface area contributed by atoms with Gasteiger partial charge in [0.05, 0.1) is 5.56 Å². The van der Waals surface area contributed by atoms with Gasteiger partial charge < -0.3 is 5.73 Å². The molecule has 0 fully saturated rings. The molecule has 0 atom stereocenters. The monoisotopic (exact) mass is 246 g/mol. The molecule has 0 heterocycles. The minimum atomic E-state index is -0.609. The lowest BCUT2D eigenvalue weighted by Gasteiger charge is -2.07. The zero-order chi connectivity index (χ0) is 12.4. The summed E-state index contributed by atoms with van der Waals surface area (Å²) in [6.45, 7) is 0. The topological polar surface area (TPSA) is 49.8 Å². The second-order valence-corrected chi connectivity index (χ2v) is 3.97. The molecule has 2 aromatic rings. The van der Waals surface area contributed by atoms with Crippen LogP contribution >= 0.6 is 11.6 Å². The lowest BCUT2D eigenvalue weighted by Crippen LogP contribution is -1.94. The van der Waals surface area contributed by atoms with E-state index in [0.29, 0.717) is 16.3 Å². The Morgan fingerprint density at radius 3 is 2.41 bits per heavy atom. The zero-order valence-corrected chi connectivity index (χ0v) is 9.50. The fraction of sp³-hybridized carbons (Fsp3) is 0. The number of nitrogens with zero attached hydrogens (tertiary/aromatic N) is 1. The first-order chi connectivity index (χ1) is 8.11. The lowest BCUT2D eigenvalue weighted by atomic mass is 10.0. The molecule has 0 aromatic heterocycles. The number of halogens is 2. The van der Waals surface area contributed by atoms with Crippen LogP contribution in [0.25, 0.3) is 11.1 Å². The first-order valence-corrected chi connectivity index (χ1v) is 5.24. The molecular formula is C13H8ClFN2. The summed E-state index contributed by atoms with van der Waals surface area (Å²) in [4.78, 5) is 0. The van der Waals surface area contributed by atoms with Crippen LogP contribution in [0.5, 0.6) is 0 Å². The van der Waals surface area contributed by atoms with Crippen molar-refractivity contribution in [3.63, 3.8) is 0 Å². The second-order valence-electron chi connectivity index (χ2n) is 3.54. The Labute approximate surface area is 103 Å². The van der Waals surface area contributed by atoms with E-state index in [1.165, 1.54) is 6.07 Å². The third-order valence-corrected chi connectivity index (χ3v) is 2.67. The summed E-state index contributed by atoms with van der Waals surface area (Å²) in [6, 6.07) is 11.4. The lowest BCUT2D eigenvalue weighted by molar-refractivity contribution is 0.625. The van der Waals surface area contributed by atoms with Crippen LogP contribution in [-0.4, -0.2) is 0 Å².